The summed E-state index contributed by atoms with van der Waals surface area (Å²) in [5, 5.41) is 0. The molecular weight excluding hydrogens is 598 g/mol. The molecule has 42 heavy (non-hydrogen) atoms. The second kappa shape index (κ2) is 25.1. The van der Waals surface area contributed by atoms with Gasteiger partial charge in [-0.05, 0) is 39.8 Å². The van der Waals surface area contributed by atoms with E-state index in [1.807, 2.05) is 12.2 Å². The van der Waals surface area contributed by atoms with Crippen molar-refractivity contribution in [3.05, 3.63) is 25.3 Å². The molecule has 0 saturated carbocycles. The molecule has 17 heteroatoms. The topological polar surface area (TPSA) is 72.8 Å². The molecule has 0 aromatic heterocycles. The molecule has 0 unspecified atom stereocenters. The Bertz CT molecular complexity index is 722. The van der Waals surface area contributed by atoms with Crippen LogP contribution in [0.2, 0.25) is 0 Å². The molecule has 0 aliphatic carbocycles. The Labute approximate surface area is 250 Å². The van der Waals surface area contributed by atoms with E-state index in [0.717, 1.165) is 52.8 Å². The van der Waals surface area contributed by atoms with Crippen LogP contribution < -0.4 is 0 Å². The average molecular weight is 656 g/mol. The first-order chi connectivity index (χ1) is 18.7. The Hall–Kier alpha value is -1.24. The number of hydrogen-bond acceptors (Lipinski definition) is 4. The van der Waals surface area contributed by atoms with Crippen LogP contribution in [0.3, 0.4) is 0 Å². The standard InChI is InChI=1S/2C8H20NO.C8H16N.CHF3O3S.BF4/c2*1-5-9(3,6-2)7-8-10-4;1-5-7-9(3,4)8-6-2;2-1(3,4)8(5,6)7;2-1(3,4)5/h2*5-8H2,1-4H3;5-6H,1-2,7-8H2,3-4H3;(H,5,6,7);/q3*+1;;-1. The Balaban J connectivity index is -0.000000138. The molecule has 0 bridgehead atoms. The third-order valence-corrected chi connectivity index (χ3v) is 6.85. The highest BCUT2D eigenvalue weighted by atomic mass is 32.2. The minimum atomic E-state index is -6.00. The fraction of sp³-hybridized carbons (Fsp3) is 0.840. The summed E-state index contributed by atoms with van der Waals surface area (Å²) in [6, 6.07) is 0. The van der Waals surface area contributed by atoms with Crippen molar-refractivity contribution in [3.63, 3.8) is 0 Å². The van der Waals surface area contributed by atoms with Gasteiger partial charge in [0.15, 0.2) is 0 Å². The molecule has 0 atom stereocenters. The first-order valence-corrected chi connectivity index (χ1v) is 14.8. The minimum absolute atomic E-state index is 0.873. The van der Waals surface area contributed by atoms with Crippen molar-refractivity contribution in [2.45, 2.75) is 33.2 Å². The second-order valence-corrected chi connectivity index (χ2v) is 11.6. The summed E-state index contributed by atoms with van der Waals surface area (Å²) in [7, 11) is 0.517. The van der Waals surface area contributed by atoms with Crippen molar-refractivity contribution in [3.8, 4) is 0 Å². The Kier molecular flexibility index (Phi) is 30.1. The van der Waals surface area contributed by atoms with Crippen molar-refractivity contribution in [1.82, 2.24) is 0 Å². The van der Waals surface area contributed by atoms with Crippen molar-refractivity contribution in [2.24, 2.45) is 0 Å². The fourth-order valence-corrected chi connectivity index (χ4v) is 2.48. The largest absolute Gasteiger partial charge is 0.673 e. The Morgan fingerprint density at radius 1 is 0.738 bits per heavy atom. The summed E-state index contributed by atoms with van der Waals surface area (Å²) >= 11 is 0. The summed E-state index contributed by atoms with van der Waals surface area (Å²) in [4.78, 5) is 0. The highest BCUT2D eigenvalue weighted by Crippen LogP contribution is 2.20. The van der Waals surface area contributed by atoms with Crippen LogP contribution in [-0.4, -0.2) is 147 Å². The summed E-state index contributed by atoms with van der Waals surface area (Å²) in [6.45, 7) is 27.0. The average Bonchev–Trinajstić information content (AvgIpc) is 2.84. The molecule has 0 radical (unpaired) electrons. The van der Waals surface area contributed by atoms with Crippen LogP contribution in [0, 0.1) is 0 Å². The van der Waals surface area contributed by atoms with Crippen LogP contribution in [0.25, 0.3) is 0 Å². The maximum atomic E-state index is 10.7. The molecule has 0 aliphatic heterocycles. The normalized spacial score (nSPS) is 12.1. The molecule has 0 aliphatic rings. The van der Waals surface area contributed by atoms with Gasteiger partial charge in [0.2, 0.25) is 0 Å². The molecule has 258 valence electrons. The van der Waals surface area contributed by atoms with Gasteiger partial charge in [-0.25, -0.2) is 0 Å². The van der Waals surface area contributed by atoms with Gasteiger partial charge in [0.1, 0.15) is 13.1 Å². The fourth-order valence-electron chi connectivity index (χ4n) is 2.48. The molecular formula is C25H57BF7N3O5S+2. The first kappa shape index (κ1) is 50.4. The van der Waals surface area contributed by atoms with Crippen LogP contribution >= 0.6 is 0 Å². The number of likely N-dealkylation sites (N-methyl/N-ethyl adjacent to an activating group) is 3. The number of hydrogen-bond donors (Lipinski definition) is 1. The van der Waals surface area contributed by atoms with E-state index in [1.54, 1.807) is 14.2 Å². The number of alkyl halides is 3. The maximum absolute atomic E-state index is 10.7. The van der Waals surface area contributed by atoms with E-state index in [4.69, 9.17) is 22.4 Å². The third-order valence-electron chi connectivity index (χ3n) is 6.26. The molecule has 0 aromatic rings. The quantitative estimate of drug-likeness (QED) is 0.0681. The lowest BCUT2D eigenvalue weighted by Gasteiger charge is -2.31. The SMILES string of the molecule is C=CC[N+](C)(C)CC=C.CC[N+](C)(CC)CCOC.CC[N+](C)(CC)CCOC.F[B-](F)(F)F.O=S(=O)(O)C(F)(F)F. The number of halogens is 7. The zero-order chi connectivity index (χ0) is 34.9. The number of nitrogens with zero attached hydrogens (tertiary/aromatic N) is 3. The smallest absolute Gasteiger partial charge is 0.418 e. The van der Waals surface area contributed by atoms with Crippen LogP contribution in [-0.2, 0) is 19.6 Å². The highest BCUT2D eigenvalue weighted by molar-refractivity contribution is 7.86. The van der Waals surface area contributed by atoms with Crippen LogP contribution in [0.5, 0.6) is 0 Å². The predicted octanol–water partition coefficient (Wildman–Crippen LogP) is 5.37. The number of rotatable bonds is 14. The highest BCUT2D eigenvalue weighted by Gasteiger charge is 2.44. The molecule has 1 N–H and O–H groups in total. The van der Waals surface area contributed by atoms with Gasteiger partial charge in [-0.2, -0.15) is 21.6 Å². The van der Waals surface area contributed by atoms with Gasteiger partial charge in [0, 0.05) is 14.2 Å². The molecule has 0 heterocycles. The van der Waals surface area contributed by atoms with Crippen molar-refractivity contribution in [1.29, 1.82) is 0 Å². The first-order valence-electron chi connectivity index (χ1n) is 13.3. The van der Waals surface area contributed by atoms with E-state index in [-0.39, 0.29) is 0 Å². The zero-order valence-corrected chi connectivity index (χ0v) is 28.0. The third kappa shape index (κ3) is 38.8. The second-order valence-electron chi connectivity index (χ2n) is 10.2. The predicted molar refractivity (Wildman–Crippen MR) is 158 cm³/mol. The van der Waals surface area contributed by atoms with Gasteiger partial charge in [-0.1, -0.05) is 13.2 Å². The number of methoxy groups -OCH3 is 2. The number of quaternary nitrogens is 3. The van der Waals surface area contributed by atoms with Crippen LogP contribution in [0.15, 0.2) is 25.3 Å². The summed E-state index contributed by atoms with van der Waals surface area (Å²) in [6.07, 6.45) is 3.87. The minimum Gasteiger partial charge on any atom is -0.418 e. The molecule has 0 rings (SSSR count). The number of ether oxygens (including phenoxy) is 2. The molecule has 0 amide bonds. The van der Waals surface area contributed by atoms with Gasteiger partial charge in [0.25, 0.3) is 0 Å². The Morgan fingerprint density at radius 2 is 0.952 bits per heavy atom. The Morgan fingerprint density at radius 3 is 1.07 bits per heavy atom. The lowest BCUT2D eigenvalue weighted by molar-refractivity contribution is -0.906. The molecule has 0 aromatic carbocycles. The van der Waals surface area contributed by atoms with Gasteiger partial charge in [0.05, 0.1) is 80.7 Å². The van der Waals surface area contributed by atoms with Crippen molar-refractivity contribution in [2.75, 3.05) is 108 Å². The van der Waals surface area contributed by atoms with E-state index >= 15 is 0 Å². The monoisotopic (exact) mass is 655 g/mol. The van der Waals surface area contributed by atoms with Gasteiger partial charge in [-0.3, -0.25) is 4.55 Å². The van der Waals surface area contributed by atoms with Gasteiger partial charge in [-0.15, -0.1) is 0 Å². The van der Waals surface area contributed by atoms with Gasteiger partial charge >= 0.3 is 22.9 Å². The van der Waals surface area contributed by atoms with Crippen LogP contribution in [0.1, 0.15) is 27.7 Å². The van der Waals surface area contributed by atoms with Gasteiger partial charge < -0.3 is 40.2 Å². The summed E-state index contributed by atoms with van der Waals surface area (Å²) in [5.41, 5.74) is -5.53. The summed E-state index contributed by atoms with van der Waals surface area (Å²) in [5.74, 6) is 0. The van der Waals surface area contributed by atoms with Crippen LogP contribution in [0.4, 0.5) is 30.4 Å². The van der Waals surface area contributed by atoms with Crippen molar-refractivity contribution < 1.29 is 66.3 Å². The maximum Gasteiger partial charge on any atom is 0.673 e. The lowest BCUT2D eigenvalue weighted by atomic mass is 10.3. The molecule has 0 spiro atoms. The molecule has 8 nitrogen and oxygen atoms in total. The van der Waals surface area contributed by atoms with Crippen molar-refractivity contribution >= 4 is 17.4 Å². The zero-order valence-electron chi connectivity index (χ0n) is 27.2. The molecule has 0 saturated heterocycles. The van der Waals surface area contributed by atoms with E-state index in [1.165, 1.54) is 26.2 Å². The summed E-state index contributed by atoms with van der Waals surface area (Å²) < 4.78 is 110. The van der Waals surface area contributed by atoms with E-state index in [9.17, 15) is 30.4 Å². The molecule has 0 fully saturated rings. The van der Waals surface area contributed by atoms with E-state index < -0.39 is 22.9 Å². The van der Waals surface area contributed by atoms with E-state index in [0.29, 0.717) is 0 Å². The lowest BCUT2D eigenvalue weighted by Crippen LogP contribution is -2.45. The van der Waals surface area contributed by atoms with E-state index in [2.05, 4.69) is 69.0 Å².